The van der Waals surface area contributed by atoms with Crippen LogP contribution in [0.25, 0.3) is 0 Å². The van der Waals surface area contributed by atoms with Crippen LogP contribution < -0.4 is 5.32 Å². The van der Waals surface area contributed by atoms with Gasteiger partial charge in [0, 0.05) is 22.3 Å². The summed E-state index contributed by atoms with van der Waals surface area (Å²) in [6, 6.07) is 8.91. The third kappa shape index (κ3) is 3.51. The van der Waals surface area contributed by atoms with E-state index in [-0.39, 0.29) is 16.3 Å². The minimum atomic E-state index is -0.607. The first-order chi connectivity index (χ1) is 9.88. The van der Waals surface area contributed by atoms with Crippen molar-refractivity contribution < 1.29 is 9.72 Å². The fourth-order valence-corrected chi connectivity index (χ4v) is 2.10. The van der Waals surface area contributed by atoms with E-state index >= 15 is 0 Å². The molecule has 0 saturated carbocycles. The second kappa shape index (κ2) is 6.11. The number of hydrogen-bond donors (Lipinski definition) is 1. The fourth-order valence-electron chi connectivity index (χ4n) is 1.67. The predicted octanol–water partition coefficient (Wildman–Crippen LogP) is 4.46. The number of nitrogens with zero attached hydrogens (tertiary/aromatic N) is 1. The monoisotopic (exact) mass is 324 g/mol. The van der Waals surface area contributed by atoms with Gasteiger partial charge in [-0.2, -0.15) is 0 Å². The van der Waals surface area contributed by atoms with Gasteiger partial charge in [0.2, 0.25) is 0 Å². The molecular weight excluding hydrogens is 315 g/mol. The van der Waals surface area contributed by atoms with Gasteiger partial charge in [0.15, 0.2) is 0 Å². The third-order valence-corrected chi connectivity index (χ3v) is 3.55. The highest BCUT2D eigenvalue weighted by molar-refractivity contribution is 6.33. The highest BCUT2D eigenvalue weighted by Crippen LogP contribution is 2.26. The van der Waals surface area contributed by atoms with Crippen LogP contribution in [0.4, 0.5) is 11.4 Å². The van der Waals surface area contributed by atoms with Crippen LogP contribution in [0, 0.1) is 17.0 Å². The number of carbonyl (C=O) groups is 1. The van der Waals surface area contributed by atoms with Gasteiger partial charge in [-0.3, -0.25) is 14.9 Å². The lowest BCUT2D eigenvalue weighted by atomic mass is 10.1. The fraction of sp³-hybridized carbons (Fsp3) is 0.0714. The molecule has 0 fully saturated rings. The average molecular weight is 325 g/mol. The van der Waals surface area contributed by atoms with Gasteiger partial charge in [-0.05, 0) is 36.8 Å². The van der Waals surface area contributed by atoms with Crippen molar-refractivity contribution in [3.8, 4) is 0 Å². The van der Waals surface area contributed by atoms with Crippen molar-refractivity contribution in [3.63, 3.8) is 0 Å². The molecule has 0 aliphatic heterocycles. The number of benzene rings is 2. The van der Waals surface area contributed by atoms with Crippen molar-refractivity contribution in [2.75, 3.05) is 5.32 Å². The van der Waals surface area contributed by atoms with E-state index in [0.717, 1.165) is 5.56 Å². The molecule has 7 heteroatoms. The lowest BCUT2D eigenvalue weighted by Gasteiger charge is -2.07. The summed E-state index contributed by atoms with van der Waals surface area (Å²) in [6.45, 7) is 1.85. The molecular formula is C14H10Cl2N2O3. The molecule has 2 aromatic carbocycles. The Labute approximate surface area is 130 Å². The van der Waals surface area contributed by atoms with Gasteiger partial charge in [-0.15, -0.1) is 0 Å². The van der Waals surface area contributed by atoms with Crippen molar-refractivity contribution in [3.05, 3.63) is 67.7 Å². The molecule has 2 aromatic rings. The van der Waals surface area contributed by atoms with Gasteiger partial charge in [0.1, 0.15) is 5.02 Å². The van der Waals surface area contributed by atoms with Gasteiger partial charge in [-0.1, -0.05) is 29.3 Å². The molecule has 5 nitrogen and oxygen atoms in total. The summed E-state index contributed by atoms with van der Waals surface area (Å²) in [7, 11) is 0. The molecule has 0 aliphatic carbocycles. The van der Waals surface area contributed by atoms with E-state index in [9.17, 15) is 14.9 Å². The lowest BCUT2D eigenvalue weighted by molar-refractivity contribution is -0.384. The van der Waals surface area contributed by atoms with Crippen LogP contribution in [0.1, 0.15) is 15.9 Å². The van der Waals surface area contributed by atoms with E-state index in [1.165, 1.54) is 18.2 Å². The second-order valence-corrected chi connectivity index (χ2v) is 5.16. The average Bonchev–Trinajstić information content (AvgIpc) is 2.42. The number of nitro groups is 1. The van der Waals surface area contributed by atoms with Crippen molar-refractivity contribution in [1.29, 1.82) is 0 Å². The van der Waals surface area contributed by atoms with Crippen LogP contribution in [-0.4, -0.2) is 10.8 Å². The van der Waals surface area contributed by atoms with Gasteiger partial charge in [0.25, 0.3) is 11.6 Å². The standard InChI is InChI=1S/C14H10Cl2N2O3/c1-8-2-4-10(7-11(8)15)17-14(19)9-3-5-13(18(20)21)12(16)6-9/h2-7H,1H3,(H,17,19). The SMILES string of the molecule is Cc1ccc(NC(=O)c2ccc([N+](=O)[O-])c(Cl)c2)cc1Cl. The number of amides is 1. The van der Waals surface area contributed by atoms with E-state index in [0.29, 0.717) is 10.7 Å². The molecule has 2 rings (SSSR count). The molecule has 108 valence electrons. The number of carbonyl (C=O) groups excluding carboxylic acids is 1. The zero-order chi connectivity index (χ0) is 15.6. The molecule has 0 bridgehead atoms. The molecule has 0 aromatic heterocycles. The van der Waals surface area contributed by atoms with Crippen molar-refractivity contribution >= 4 is 40.5 Å². The molecule has 1 N–H and O–H groups in total. The summed E-state index contributed by atoms with van der Waals surface area (Å²) in [4.78, 5) is 22.1. The van der Waals surface area contributed by atoms with Crippen LogP contribution in [0.5, 0.6) is 0 Å². The molecule has 0 unspecified atom stereocenters. The van der Waals surface area contributed by atoms with E-state index in [1.807, 2.05) is 6.92 Å². The van der Waals surface area contributed by atoms with Gasteiger partial charge in [-0.25, -0.2) is 0 Å². The van der Waals surface area contributed by atoms with Crippen LogP contribution in [0.2, 0.25) is 10.0 Å². The number of nitro benzene ring substituents is 1. The second-order valence-electron chi connectivity index (χ2n) is 4.34. The maximum absolute atomic E-state index is 12.1. The Morgan fingerprint density at radius 2 is 1.86 bits per heavy atom. The number of halogens is 2. The minimum Gasteiger partial charge on any atom is -0.322 e. The number of anilines is 1. The maximum atomic E-state index is 12.1. The van der Waals surface area contributed by atoms with Crippen molar-refractivity contribution in [2.45, 2.75) is 6.92 Å². The Morgan fingerprint density at radius 3 is 2.43 bits per heavy atom. The highest BCUT2D eigenvalue weighted by Gasteiger charge is 2.15. The first-order valence-electron chi connectivity index (χ1n) is 5.90. The minimum absolute atomic E-state index is 0.0883. The van der Waals surface area contributed by atoms with Crippen LogP contribution in [0.15, 0.2) is 36.4 Å². The number of hydrogen-bond acceptors (Lipinski definition) is 3. The molecule has 0 aliphatic rings. The largest absolute Gasteiger partial charge is 0.322 e. The van der Waals surface area contributed by atoms with E-state index < -0.39 is 10.8 Å². The van der Waals surface area contributed by atoms with E-state index in [4.69, 9.17) is 23.2 Å². The summed E-state index contributed by atoms with van der Waals surface area (Å²) >= 11 is 11.8. The van der Waals surface area contributed by atoms with Crippen LogP contribution in [0.3, 0.4) is 0 Å². The summed E-state index contributed by atoms with van der Waals surface area (Å²) in [5.41, 5.74) is 1.41. The zero-order valence-electron chi connectivity index (χ0n) is 10.9. The maximum Gasteiger partial charge on any atom is 0.287 e. The Bertz CT molecular complexity index is 732. The Morgan fingerprint density at radius 1 is 1.14 bits per heavy atom. The van der Waals surface area contributed by atoms with Gasteiger partial charge >= 0.3 is 0 Å². The third-order valence-electron chi connectivity index (χ3n) is 2.84. The summed E-state index contributed by atoms with van der Waals surface area (Å²) in [5, 5.41) is 13.8. The van der Waals surface area contributed by atoms with Crippen molar-refractivity contribution in [2.24, 2.45) is 0 Å². The Kier molecular flexibility index (Phi) is 4.45. The molecule has 0 spiro atoms. The molecule has 1 amide bonds. The Balaban J connectivity index is 2.22. The number of nitrogens with one attached hydrogen (secondary N) is 1. The van der Waals surface area contributed by atoms with E-state index in [2.05, 4.69) is 5.32 Å². The number of aryl methyl sites for hydroxylation is 1. The molecule has 0 atom stereocenters. The van der Waals surface area contributed by atoms with Crippen LogP contribution >= 0.6 is 23.2 Å². The number of rotatable bonds is 3. The van der Waals surface area contributed by atoms with Gasteiger partial charge < -0.3 is 5.32 Å². The normalized spacial score (nSPS) is 10.2. The molecule has 0 heterocycles. The van der Waals surface area contributed by atoms with E-state index in [1.54, 1.807) is 18.2 Å². The Hall–Kier alpha value is -2.11. The highest BCUT2D eigenvalue weighted by atomic mass is 35.5. The smallest absolute Gasteiger partial charge is 0.287 e. The first kappa shape index (κ1) is 15.3. The molecule has 21 heavy (non-hydrogen) atoms. The predicted molar refractivity (Wildman–Crippen MR) is 82.2 cm³/mol. The summed E-state index contributed by atoms with van der Waals surface area (Å²) < 4.78 is 0. The zero-order valence-corrected chi connectivity index (χ0v) is 12.4. The summed E-state index contributed by atoms with van der Waals surface area (Å²) in [5.74, 6) is -0.424. The first-order valence-corrected chi connectivity index (χ1v) is 6.65. The topological polar surface area (TPSA) is 72.2 Å². The lowest BCUT2D eigenvalue weighted by Crippen LogP contribution is -2.12. The quantitative estimate of drug-likeness (QED) is 0.669. The van der Waals surface area contributed by atoms with Crippen LogP contribution in [-0.2, 0) is 0 Å². The molecule has 0 saturated heterocycles. The van der Waals surface area contributed by atoms with Gasteiger partial charge in [0.05, 0.1) is 4.92 Å². The van der Waals surface area contributed by atoms with Crippen molar-refractivity contribution in [1.82, 2.24) is 0 Å². The molecule has 0 radical (unpaired) electrons. The summed E-state index contributed by atoms with van der Waals surface area (Å²) in [6.07, 6.45) is 0.